The summed E-state index contributed by atoms with van der Waals surface area (Å²) in [6, 6.07) is 0. The molecule has 0 aromatic carbocycles. The predicted octanol–water partition coefficient (Wildman–Crippen LogP) is -3.18. The first-order valence-electron chi connectivity index (χ1n) is 3.62. The van der Waals surface area contributed by atoms with Crippen LogP contribution in [0.2, 0.25) is 0 Å². The molecule has 0 saturated heterocycles. The van der Waals surface area contributed by atoms with Gasteiger partial charge < -0.3 is 10.5 Å². The van der Waals surface area contributed by atoms with Gasteiger partial charge in [-0.25, -0.2) is 8.42 Å². The molecule has 0 spiro atoms. The molecule has 3 atom stereocenters. The summed E-state index contributed by atoms with van der Waals surface area (Å²) in [5.41, 5.74) is 0. The minimum absolute atomic E-state index is 0. The fraction of sp³-hybridized carbons (Fsp3) is 1.00. The van der Waals surface area contributed by atoms with E-state index in [9.17, 15) is 8.42 Å². The molecule has 0 aromatic rings. The molecule has 0 aliphatic carbocycles. The molecule has 10 heteroatoms. The second kappa shape index (κ2) is 7.14. The van der Waals surface area contributed by atoms with Gasteiger partial charge in [-0.05, 0) is 20.5 Å². The van der Waals surface area contributed by atoms with Crippen LogP contribution < -0.4 is 29.6 Å². The average molecular weight is 303 g/mol. The second-order valence-electron chi connectivity index (χ2n) is 3.01. The van der Waals surface area contributed by atoms with Crippen LogP contribution in [-0.2, 0) is 39.9 Å². The minimum Gasteiger partial charge on any atom is -1.00 e. The molecule has 0 amide bonds. The molecule has 0 radical (unpaired) electrons. The van der Waals surface area contributed by atoms with E-state index in [0.717, 1.165) is 0 Å². The summed E-state index contributed by atoms with van der Waals surface area (Å²) < 4.78 is 39.9. The molecule has 0 aromatic heterocycles. The van der Waals surface area contributed by atoms with E-state index in [1.165, 1.54) is 4.90 Å². The van der Waals surface area contributed by atoms with E-state index in [4.69, 9.17) is 9.11 Å². The van der Waals surface area contributed by atoms with Crippen LogP contribution in [0.3, 0.4) is 0 Å². The quantitative estimate of drug-likeness (QED) is 0.519. The largest absolute Gasteiger partial charge is 1.00 e. The van der Waals surface area contributed by atoms with Crippen molar-refractivity contribution in [3.8, 4) is 0 Å². The molecular weight excluding hydrogens is 289 g/mol. The SMILES string of the molecule is CN(C)C(CCS(=O)(O)=S)S(=O)(O)=S.[H-].[Na+]. The zero-order valence-electron chi connectivity index (χ0n) is 9.78. The summed E-state index contributed by atoms with van der Waals surface area (Å²) in [5.74, 6) is -0.209. The van der Waals surface area contributed by atoms with Crippen molar-refractivity contribution in [2.45, 2.75) is 11.8 Å². The molecular formula is C5H14NNaO4S4. The maximum atomic E-state index is 11.2. The average Bonchev–Trinajstić information content (AvgIpc) is 1.79. The van der Waals surface area contributed by atoms with Gasteiger partial charge in [0.1, 0.15) is 14.1 Å². The van der Waals surface area contributed by atoms with Crippen molar-refractivity contribution in [3.05, 3.63) is 0 Å². The Morgan fingerprint density at radius 1 is 1.33 bits per heavy atom. The van der Waals surface area contributed by atoms with Crippen molar-refractivity contribution in [2.75, 3.05) is 19.8 Å². The second-order valence-corrected chi connectivity index (χ2v) is 9.15. The summed E-state index contributed by atoms with van der Waals surface area (Å²) in [6.45, 7) is 0. The van der Waals surface area contributed by atoms with Gasteiger partial charge in [0.05, 0.1) is 5.75 Å². The Kier molecular flexibility index (Phi) is 9.03. The van der Waals surface area contributed by atoms with Crippen molar-refractivity contribution in [1.82, 2.24) is 4.90 Å². The van der Waals surface area contributed by atoms with Crippen molar-refractivity contribution in [2.24, 2.45) is 0 Å². The standard InChI is InChI=1S/C5H13NO4S4.Na.H/c1-6(2)5(14(9,10)12)3-4-13(7,8)11;;/h5H,3-4H2,1-2H3,(H,7,8,11)(H,9,10,12);;/q;+1;-1. The third-order valence-corrected chi connectivity index (χ3v) is 4.81. The Morgan fingerprint density at radius 2 is 1.73 bits per heavy atom. The molecule has 5 nitrogen and oxygen atoms in total. The first-order chi connectivity index (χ1) is 6.04. The molecule has 0 rings (SSSR count). The van der Waals surface area contributed by atoms with Gasteiger partial charge in [-0.1, -0.05) is 0 Å². The van der Waals surface area contributed by atoms with Gasteiger partial charge in [-0.3, -0.25) is 4.90 Å². The summed E-state index contributed by atoms with van der Waals surface area (Å²) in [4.78, 5) is 1.45. The molecule has 3 unspecified atom stereocenters. The van der Waals surface area contributed by atoms with Crippen molar-refractivity contribution in [3.63, 3.8) is 0 Å². The van der Waals surface area contributed by atoms with Crippen molar-refractivity contribution >= 4 is 39.9 Å². The van der Waals surface area contributed by atoms with E-state index < -0.39 is 22.9 Å². The number of nitrogens with zero attached hydrogens (tertiary/aromatic N) is 1. The summed E-state index contributed by atoms with van der Waals surface area (Å²) in [7, 11) is -3.54. The first kappa shape index (κ1) is 19.0. The maximum absolute atomic E-state index is 11.2. The van der Waals surface area contributed by atoms with Crippen LogP contribution in [0.25, 0.3) is 0 Å². The van der Waals surface area contributed by atoms with Gasteiger partial charge in [-0.2, -0.15) is 0 Å². The van der Waals surface area contributed by atoms with Crippen molar-refractivity contribution in [1.29, 1.82) is 0 Å². The Morgan fingerprint density at radius 3 is 1.93 bits per heavy atom. The Bertz CT molecular complexity index is 381. The molecule has 0 fully saturated rings. The minimum atomic E-state index is -3.41. The van der Waals surface area contributed by atoms with Gasteiger partial charge in [0.2, 0.25) is 0 Å². The molecule has 0 heterocycles. The van der Waals surface area contributed by atoms with Gasteiger partial charge in [0, 0.05) is 22.4 Å². The van der Waals surface area contributed by atoms with E-state index in [1.807, 2.05) is 0 Å². The van der Waals surface area contributed by atoms with Crippen LogP contribution in [0.5, 0.6) is 0 Å². The molecule has 0 aliphatic heterocycles. The Balaban J connectivity index is -0.000000845. The topological polar surface area (TPSA) is 77.8 Å². The molecule has 2 N–H and O–H groups in total. The fourth-order valence-electron chi connectivity index (χ4n) is 0.923. The third-order valence-electron chi connectivity index (χ3n) is 1.54. The zero-order chi connectivity index (χ0) is 11.6. The monoisotopic (exact) mass is 303 g/mol. The third kappa shape index (κ3) is 9.33. The van der Waals surface area contributed by atoms with E-state index in [2.05, 4.69) is 22.4 Å². The summed E-state index contributed by atoms with van der Waals surface area (Å²) in [6.07, 6.45) is 0.0324. The van der Waals surface area contributed by atoms with Gasteiger partial charge in [0.15, 0.2) is 8.77 Å². The molecule has 88 valence electrons. The van der Waals surface area contributed by atoms with Crippen LogP contribution in [0.1, 0.15) is 7.85 Å². The van der Waals surface area contributed by atoms with Crippen LogP contribution in [0.4, 0.5) is 0 Å². The summed E-state index contributed by atoms with van der Waals surface area (Å²) >= 11 is 8.67. The van der Waals surface area contributed by atoms with E-state index in [-0.39, 0.29) is 43.2 Å². The van der Waals surface area contributed by atoms with Gasteiger partial charge >= 0.3 is 29.6 Å². The number of hydrogen-bond acceptors (Lipinski definition) is 5. The molecule has 0 aliphatic rings. The maximum Gasteiger partial charge on any atom is 1.00 e. The van der Waals surface area contributed by atoms with Crippen molar-refractivity contribution < 1.29 is 48.5 Å². The van der Waals surface area contributed by atoms with Gasteiger partial charge in [0.25, 0.3) is 0 Å². The summed E-state index contributed by atoms with van der Waals surface area (Å²) in [5, 5.41) is -0.826. The smallest absolute Gasteiger partial charge is 1.00 e. The van der Waals surface area contributed by atoms with Crippen LogP contribution in [0.15, 0.2) is 0 Å². The number of hydrogen-bond donors (Lipinski definition) is 2. The molecule has 0 bridgehead atoms. The number of rotatable bonds is 5. The van der Waals surface area contributed by atoms with Crippen LogP contribution >= 0.6 is 0 Å². The van der Waals surface area contributed by atoms with E-state index >= 15 is 0 Å². The normalized spacial score (nSPS) is 21.1. The van der Waals surface area contributed by atoms with E-state index in [0.29, 0.717) is 0 Å². The van der Waals surface area contributed by atoms with Gasteiger partial charge in [-0.15, -0.1) is 0 Å². The molecule has 15 heavy (non-hydrogen) atoms. The molecule has 0 saturated carbocycles. The Labute approximate surface area is 124 Å². The van der Waals surface area contributed by atoms with E-state index in [1.54, 1.807) is 14.1 Å². The van der Waals surface area contributed by atoms with Crippen LogP contribution in [0, 0.1) is 0 Å². The first-order valence-corrected chi connectivity index (χ1v) is 8.73. The fourth-order valence-corrected chi connectivity index (χ4v) is 3.64. The van der Waals surface area contributed by atoms with Crippen LogP contribution in [-0.4, -0.2) is 47.6 Å². The predicted molar refractivity (Wildman–Crippen MR) is 64.3 cm³/mol. The Hall–Kier alpha value is 1.62. The zero-order valence-corrected chi connectivity index (χ0v) is 14.0.